The van der Waals surface area contributed by atoms with Crippen molar-refractivity contribution in [1.82, 2.24) is 0 Å². The number of hydrogen-bond donors (Lipinski definition) is 0. The van der Waals surface area contributed by atoms with Gasteiger partial charge in [-0.2, -0.15) is 0 Å². The molecule has 0 atom stereocenters. The molecule has 0 unspecified atom stereocenters. The van der Waals surface area contributed by atoms with Crippen LogP contribution in [0.3, 0.4) is 0 Å². The molecule has 0 heterocycles. The zero-order chi connectivity index (χ0) is 20.8. The Morgan fingerprint density at radius 1 is 0.344 bits per heavy atom. The van der Waals surface area contributed by atoms with Gasteiger partial charge in [-0.25, -0.2) is 0 Å². The Morgan fingerprint density at radius 2 is 0.531 bits per heavy atom. The number of terminal acetylenes is 2. The predicted molar refractivity (Wildman–Crippen MR) is 125 cm³/mol. The summed E-state index contributed by atoms with van der Waals surface area (Å²) in [4.78, 5) is 0. The Kier molecular flexibility index (Phi) is 2.62. The summed E-state index contributed by atoms with van der Waals surface area (Å²) < 4.78 is 0. The molecule has 0 nitrogen and oxygen atoms in total. The molecule has 14 aliphatic carbocycles. The van der Waals surface area contributed by atoms with Crippen LogP contribution in [0.25, 0.3) is 0 Å². The summed E-state index contributed by atoms with van der Waals surface area (Å²) in [5, 5.41) is 0. The molecular formula is C32H38. The van der Waals surface area contributed by atoms with E-state index in [2.05, 4.69) is 11.8 Å². The summed E-state index contributed by atoms with van der Waals surface area (Å²) in [6.45, 7) is 0. The highest BCUT2D eigenvalue weighted by atomic mass is 14.8. The van der Waals surface area contributed by atoms with Crippen LogP contribution in [0.2, 0.25) is 0 Å². The van der Waals surface area contributed by atoms with E-state index in [1.165, 1.54) is 38.5 Å². The Bertz CT molecular complexity index is 833. The predicted octanol–water partition coefficient (Wildman–Crippen LogP) is 6.41. The van der Waals surface area contributed by atoms with Crippen LogP contribution in [0.4, 0.5) is 0 Å². The van der Waals surface area contributed by atoms with Gasteiger partial charge < -0.3 is 0 Å². The first kappa shape index (κ1) is 17.5. The minimum absolute atomic E-state index is 0.326. The maximum absolute atomic E-state index is 6.18. The van der Waals surface area contributed by atoms with E-state index < -0.39 is 0 Å². The van der Waals surface area contributed by atoms with E-state index in [9.17, 15) is 0 Å². The average molecular weight is 423 g/mol. The Hall–Kier alpha value is -0.880. The van der Waals surface area contributed by atoms with Gasteiger partial charge >= 0.3 is 0 Å². The van der Waals surface area contributed by atoms with Crippen LogP contribution >= 0.6 is 0 Å². The molecule has 0 aromatic carbocycles. The first-order chi connectivity index (χ1) is 15.5. The van der Waals surface area contributed by atoms with Crippen molar-refractivity contribution >= 4 is 0 Å². The van der Waals surface area contributed by atoms with Gasteiger partial charge in [0.1, 0.15) is 0 Å². The largest absolute Gasteiger partial charge is 0.120 e. The van der Waals surface area contributed by atoms with Gasteiger partial charge in [0.05, 0.1) is 0 Å². The lowest BCUT2D eigenvalue weighted by atomic mass is 9.23. The van der Waals surface area contributed by atoms with Gasteiger partial charge in [0.15, 0.2) is 0 Å². The number of rotatable bonds is 1. The molecule has 0 aromatic heterocycles. The smallest absolute Gasteiger partial charge is 0.0320 e. The van der Waals surface area contributed by atoms with Gasteiger partial charge in [0, 0.05) is 10.8 Å². The van der Waals surface area contributed by atoms with E-state index in [-0.39, 0.29) is 0 Å². The maximum atomic E-state index is 6.18. The van der Waals surface area contributed by atoms with Crippen LogP contribution in [0.15, 0.2) is 0 Å². The second kappa shape index (κ2) is 4.78. The molecule has 0 aliphatic heterocycles. The lowest BCUT2D eigenvalue weighted by Gasteiger charge is -2.81. The second-order valence-electron chi connectivity index (χ2n) is 15.8. The van der Waals surface area contributed by atoms with E-state index in [0.29, 0.717) is 10.8 Å². The highest BCUT2D eigenvalue weighted by molar-refractivity contribution is 5.30. The molecule has 0 radical (unpaired) electrons. The van der Waals surface area contributed by atoms with Gasteiger partial charge in [-0.15, -0.1) is 12.8 Å². The molecule has 14 aliphatic rings. The second-order valence-corrected chi connectivity index (χ2v) is 15.8. The molecule has 0 N–H and O–H groups in total. The maximum Gasteiger partial charge on any atom is 0.0320 e. The Labute approximate surface area is 194 Å². The monoisotopic (exact) mass is 422 g/mol. The normalized spacial score (nSPS) is 73.8. The summed E-state index contributed by atoms with van der Waals surface area (Å²) in [6, 6.07) is 0. The first-order valence-corrected chi connectivity index (χ1v) is 14.5. The Balaban J connectivity index is 1.06. The van der Waals surface area contributed by atoms with Gasteiger partial charge in [0.25, 0.3) is 0 Å². The molecule has 14 rings (SSSR count). The summed E-state index contributed by atoms with van der Waals surface area (Å²) >= 11 is 0. The standard InChI is InChI=1S/C32H38/c1-3-29-5-17-23-11-31(12-24(17)19(7-29)25(13-31)18(23)6-29)32-14-26-20-8-30(4-2)9-21(26)28(16-32)22(10-30)27(20)15-32/h1-2,17-28H,5-16H2. The fraction of sp³-hybridized carbons (Fsp3) is 0.875. The first-order valence-electron chi connectivity index (χ1n) is 14.5. The lowest BCUT2D eigenvalue weighted by molar-refractivity contribution is -0.322. The average Bonchev–Trinajstić information content (AvgIpc) is 2.84. The van der Waals surface area contributed by atoms with E-state index in [1.807, 2.05) is 0 Å². The summed E-state index contributed by atoms with van der Waals surface area (Å²) in [6.07, 6.45) is 30.6. The van der Waals surface area contributed by atoms with Crippen molar-refractivity contribution in [2.24, 2.45) is 92.7 Å². The summed E-state index contributed by atoms with van der Waals surface area (Å²) in [5.41, 5.74) is 2.13. The SMILES string of the molecule is C#CC12CC3C4CC5(C67CC8C9CC%10(C#C)CC8C(C6)C(C%10)C9C7)CC3C(C1)C(C5)C4C2. The highest BCUT2D eigenvalue weighted by Crippen LogP contribution is 2.85. The molecule has 0 saturated heterocycles. The van der Waals surface area contributed by atoms with Gasteiger partial charge in [-0.05, 0) is 159 Å². The van der Waals surface area contributed by atoms with Crippen LogP contribution in [0.1, 0.15) is 77.0 Å². The van der Waals surface area contributed by atoms with Crippen molar-refractivity contribution in [3.05, 3.63) is 0 Å². The van der Waals surface area contributed by atoms with Crippen LogP contribution in [0, 0.1) is 117 Å². The van der Waals surface area contributed by atoms with Gasteiger partial charge in [-0.3, -0.25) is 0 Å². The molecular weight excluding hydrogens is 384 g/mol. The summed E-state index contributed by atoms with van der Waals surface area (Å²) in [5.74, 6) is 19.3. The highest BCUT2D eigenvalue weighted by Gasteiger charge is 2.78. The zero-order valence-electron chi connectivity index (χ0n) is 19.6. The molecule has 0 amide bonds. The Morgan fingerprint density at radius 3 is 0.719 bits per heavy atom. The van der Waals surface area contributed by atoms with E-state index in [1.54, 1.807) is 38.5 Å². The molecule has 14 fully saturated rings. The van der Waals surface area contributed by atoms with Crippen molar-refractivity contribution < 1.29 is 0 Å². The molecule has 0 heteroatoms. The van der Waals surface area contributed by atoms with Crippen LogP contribution < -0.4 is 0 Å². The van der Waals surface area contributed by atoms with Crippen LogP contribution in [-0.2, 0) is 0 Å². The topological polar surface area (TPSA) is 0 Å². The molecule has 32 heavy (non-hydrogen) atoms. The molecule has 14 saturated carbocycles. The molecule has 166 valence electrons. The zero-order valence-corrected chi connectivity index (χ0v) is 19.6. The molecule has 16 bridgehead atoms. The van der Waals surface area contributed by atoms with E-state index in [4.69, 9.17) is 12.8 Å². The fourth-order valence-corrected chi connectivity index (χ4v) is 15.5. The summed E-state index contributed by atoms with van der Waals surface area (Å²) in [7, 11) is 0. The fourth-order valence-electron chi connectivity index (χ4n) is 15.5. The van der Waals surface area contributed by atoms with Crippen molar-refractivity contribution in [3.63, 3.8) is 0 Å². The van der Waals surface area contributed by atoms with Crippen LogP contribution in [-0.4, -0.2) is 0 Å². The lowest BCUT2D eigenvalue weighted by Crippen LogP contribution is -2.74. The minimum atomic E-state index is 0.326. The van der Waals surface area contributed by atoms with Crippen molar-refractivity contribution in [1.29, 1.82) is 0 Å². The van der Waals surface area contributed by atoms with Gasteiger partial charge in [-0.1, -0.05) is 11.8 Å². The third-order valence-electron chi connectivity index (χ3n) is 15.9. The van der Waals surface area contributed by atoms with E-state index in [0.717, 1.165) is 81.8 Å². The molecule has 0 aromatic rings. The number of hydrogen-bond acceptors (Lipinski definition) is 0. The van der Waals surface area contributed by atoms with Crippen molar-refractivity contribution in [2.45, 2.75) is 77.0 Å². The van der Waals surface area contributed by atoms with Crippen molar-refractivity contribution in [3.8, 4) is 24.7 Å². The van der Waals surface area contributed by atoms with Crippen LogP contribution in [0.5, 0.6) is 0 Å². The minimum Gasteiger partial charge on any atom is -0.120 e. The third kappa shape index (κ3) is 1.54. The quantitative estimate of drug-likeness (QED) is 0.428. The van der Waals surface area contributed by atoms with Gasteiger partial charge in [0.2, 0.25) is 0 Å². The third-order valence-corrected chi connectivity index (χ3v) is 15.9. The molecule has 0 spiro atoms. The van der Waals surface area contributed by atoms with Crippen molar-refractivity contribution in [2.75, 3.05) is 0 Å². The van der Waals surface area contributed by atoms with E-state index >= 15 is 0 Å².